The number of pyridine rings is 1. The topological polar surface area (TPSA) is 86.6 Å². The van der Waals surface area contributed by atoms with Crippen LogP contribution >= 0.6 is 0 Å². The lowest BCUT2D eigenvalue weighted by molar-refractivity contribution is 0.0811. The fraction of sp³-hybridized carbons (Fsp3) is 0.472. The van der Waals surface area contributed by atoms with Crippen LogP contribution in [0.4, 0.5) is 14.6 Å². The average Bonchev–Trinajstić information content (AvgIpc) is 3.78. The number of fused-ring (bicyclic) bond motifs is 7. The summed E-state index contributed by atoms with van der Waals surface area (Å²) in [5.41, 5.74) is -0.484. The maximum absolute atomic E-state index is 16.9. The Labute approximate surface area is 266 Å². The summed E-state index contributed by atoms with van der Waals surface area (Å²) >= 11 is 0. The van der Waals surface area contributed by atoms with Crippen LogP contribution in [0, 0.1) is 18.2 Å². The molecule has 1 saturated carbocycles. The number of halogens is 2. The van der Waals surface area contributed by atoms with Gasteiger partial charge < -0.3 is 20.1 Å². The van der Waals surface area contributed by atoms with Crippen molar-refractivity contribution < 1.29 is 18.6 Å². The summed E-state index contributed by atoms with van der Waals surface area (Å²) in [6.45, 7) is 2.60. The normalized spacial score (nSPS) is 30.2. The second kappa shape index (κ2) is 10.2. The maximum Gasteiger partial charge on any atom is 0.319 e. The number of rotatable bonds is 5. The lowest BCUT2D eigenvalue weighted by Crippen LogP contribution is -2.51. The fourth-order valence-electron chi connectivity index (χ4n) is 9.45. The van der Waals surface area contributed by atoms with Crippen molar-refractivity contribution in [2.24, 2.45) is 0 Å². The van der Waals surface area contributed by atoms with Gasteiger partial charge in [-0.25, -0.2) is 8.78 Å². The van der Waals surface area contributed by atoms with Gasteiger partial charge in [-0.3, -0.25) is 9.88 Å². The van der Waals surface area contributed by atoms with Crippen LogP contribution in [-0.2, 0) is 0 Å². The largest absolute Gasteiger partial charge is 0.508 e. The van der Waals surface area contributed by atoms with Crippen LogP contribution in [0.3, 0.4) is 0 Å². The minimum absolute atomic E-state index is 0.0194. The molecule has 6 heterocycles. The Hall–Kier alpha value is -4.07. The predicted molar refractivity (Wildman–Crippen MR) is 172 cm³/mol. The first-order valence-electron chi connectivity index (χ1n) is 16.5. The summed E-state index contributed by atoms with van der Waals surface area (Å²) in [6.07, 6.45) is 14.3. The van der Waals surface area contributed by atoms with Gasteiger partial charge in [-0.1, -0.05) is 18.1 Å². The molecule has 5 aliphatic rings. The van der Waals surface area contributed by atoms with E-state index >= 15 is 8.78 Å². The number of anilines is 1. The monoisotopic (exact) mass is 622 g/mol. The van der Waals surface area contributed by atoms with Gasteiger partial charge in [0.25, 0.3) is 0 Å². The molecule has 46 heavy (non-hydrogen) atoms. The molecule has 0 spiro atoms. The Balaban J connectivity index is 1.16. The number of nitrogens with zero attached hydrogens (tertiary/aromatic N) is 5. The molecule has 2 unspecified atom stereocenters. The van der Waals surface area contributed by atoms with Gasteiger partial charge in [0.15, 0.2) is 5.82 Å². The standard InChI is InChI=1S/C36H36F2N6O2/c1-2-21-6-3-7-22-14-25(45)15-26(29(21)22)31-30(37)32-27(16-39-31)33(43-17-23-9-10-24(18-43)40-23)42-34(41-32)46-20-35-11-5-13-44(35)28-8-4-12-36(28,38)19-35/h1,3,6-7,14-16,23-24,28,40,45H,4-5,8-13,17-20H2/t23?,24?,28-,35+,36+/m1/s1. The first-order valence-corrected chi connectivity index (χ1v) is 16.5. The number of hydrogen-bond acceptors (Lipinski definition) is 8. The average molecular weight is 623 g/mol. The van der Waals surface area contributed by atoms with E-state index in [0.717, 1.165) is 58.2 Å². The molecule has 10 heteroatoms. The number of aromatic nitrogens is 3. The van der Waals surface area contributed by atoms with E-state index in [-0.39, 0.29) is 35.6 Å². The van der Waals surface area contributed by atoms with Crippen molar-refractivity contribution >= 4 is 27.5 Å². The van der Waals surface area contributed by atoms with Crippen molar-refractivity contribution in [3.63, 3.8) is 0 Å². The van der Waals surface area contributed by atoms with E-state index < -0.39 is 17.0 Å². The highest BCUT2D eigenvalue weighted by Crippen LogP contribution is 2.55. The highest BCUT2D eigenvalue weighted by molar-refractivity contribution is 6.02. The van der Waals surface area contributed by atoms with Gasteiger partial charge in [-0.15, -0.1) is 6.42 Å². The highest BCUT2D eigenvalue weighted by atomic mass is 19.1. The SMILES string of the molecule is C#Cc1cccc2cc(O)cc(-c3ncc4c(N5CC6CCC(C5)N6)nc(OC[C@@]56CCCN5[C@@H]5CCC[C@]5(F)C6)nc4c3F)c12. The van der Waals surface area contributed by atoms with Gasteiger partial charge in [0.05, 0.1) is 10.9 Å². The smallest absolute Gasteiger partial charge is 0.319 e. The molecule has 4 saturated heterocycles. The van der Waals surface area contributed by atoms with Crippen molar-refractivity contribution in [1.29, 1.82) is 0 Å². The number of piperazine rings is 1. The molecule has 236 valence electrons. The van der Waals surface area contributed by atoms with E-state index in [2.05, 4.69) is 31.0 Å². The van der Waals surface area contributed by atoms with Crippen molar-refractivity contribution in [3.05, 3.63) is 47.9 Å². The minimum atomic E-state index is -1.17. The van der Waals surface area contributed by atoms with E-state index in [1.165, 1.54) is 6.07 Å². The minimum Gasteiger partial charge on any atom is -0.508 e. The molecule has 1 aliphatic carbocycles. The number of ether oxygens (including phenoxy) is 1. The molecule has 4 aliphatic heterocycles. The second-order valence-corrected chi connectivity index (χ2v) is 14.0. The Kier molecular flexibility index (Phi) is 6.26. The Morgan fingerprint density at radius 3 is 2.78 bits per heavy atom. The fourth-order valence-corrected chi connectivity index (χ4v) is 9.45. The molecule has 2 aromatic carbocycles. The first-order chi connectivity index (χ1) is 22.3. The molecule has 2 N–H and O–H groups in total. The number of terminal acetylenes is 1. The first kappa shape index (κ1) is 28.2. The van der Waals surface area contributed by atoms with Crippen LogP contribution in [0.5, 0.6) is 11.8 Å². The van der Waals surface area contributed by atoms with E-state index in [4.69, 9.17) is 16.1 Å². The molecule has 0 amide bonds. The van der Waals surface area contributed by atoms with E-state index in [9.17, 15) is 5.11 Å². The Morgan fingerprint density at radius 1 is 1.11 bits per heavy atom. The zero-order valence-corrected chi connectivity index (χ0v) is 25.6. The predicted octanol–water partition coefficient (Wildman–Crippen LogP) is 5.49. The summed E-state index contributed by atoms with van der Waals surface area (Å²) in [5.74, 6) is 2.62. The summed E-state index contributed by atoms with van der Waals surface area (Å²) in [5, 5.41) is 16.0. The zero-order chi connectivity index (χ0) is 31.2. The number of phenolic OH excluding ortho intramolecular Hbond substituents is 1. The van der Waals surface area contributed by atoms with Crippen molar-refractivity contribution in [2.45, 2.75) is 80.7 Å². The van der Waals surface area contributed by atoms with Gasteiger partial charge in [-0.05, 0) is 75.1 Å². The molecule has 5 atom stereocenters. The van der Waals surface area contributed by atoms with E-state index in [1.807, 2.05) is 12.1 Å². The number of phenols is 1. The number of hydrogen-bond donors (Lipinski definition) is 2. The van der Waals surface area contributed by atoms with E-state index in [1.54, 1.807) is 18.3 Å². The van der Waals surface area contributed by atoms with Crippen LogP contribution in [0.1, 0.15) is 56.9 Å². The third kappa shape index (κ3) is 4.21. The van der Waals surface area contributed by atoms with Gasteiger partial charge in [-0.2, -0.15) is 9.97 Å². The summed E-state index contributed by atoms with van der Waals surface area (Å²) in [6, 6.07) is 9.21. The highest BCUT2D eigenvalue weighted by Gasteiger charge is 2.63. The quantitative estimate of drug-likeness (QED) is 0.283. The third-order valence-corrected chi connectivity index (χ3v) is 11.3. The Morgan fingerprint density at radius 2 is 1.96 bits per heavy atom. The lowest BCUT2D eigenvalue weighted by atomic mass is 9.88. The number of nitrogens with one attached hydrogen (secondary N) is 1. The molecule has 4 aromatic rings. The van der Waals surface area contributed by atoms with E-state index in [0.29, 0.717) is 58.0 Å². The van der Waals surface area contributed by atoms with Crippen LogP contribution < -0.4 is 15.0 Å². The van der Waals surface area contributed by atoms with Gasteiger partial charge in [0.1, 0.15) is 35.1 Å². The summed E-state index contributed by atoms with van der Waals surface area (Å²) in [4.78, 5) is 18.7. The lowest BCUT2D eigenvalue weighted by Gasteiger charge is -2.35. The second-order valence-electron chi connectivity index (χ2n) is 14.0. The molecular weight excluding hydrogens is 586 g/mol. The number of benzene rings is 2. The van der Waals surface area contributed by atoms with Crippen LogP contribution in [0.25, 0.3) is 32.9 Å². The van der Waals surface area contributed by atoms with Crippen molar-refractivity contribution in [1.82, 2.24) is 25.2 Å². The maximum atomic E-state index is 16.9. The van der Waals surface area contributed by atoms with Crippen molar-refractivity contribution in [3.8, 4) is 35.4 Å². The van der Waals surface area contributed by atoms with Gasteiger partial charge in [0.2, 0.25) is 0 Å². The number of aromatic hydroxyl groups is 1. The molecular formula is C36H36F2N6O2. The van der Waals surface area contributed by atoms with Gasteiger partial charge >= 0.3 is 6.01 Å². The summed E-state index contributed by atoms with van der Waals surface area (Å²) in [7, 11) is 0. The Bertz CT molecular complexity index is 1940. The van der Waals surface area contributed by atoms with Crippen LogP contribution in [0.15, 0.2) is 36.5 Å². The van der Waals surface area contributed by atoms with Crippen LogP contribution in [-0.4, -0.2) is 80.5 Å². The molecule has 5 fully saturated rings. The summed E-state index contributed by atoms with van der Waals surface area (Å²) < 4.78 is 39.3. The molecule has 0 radical (unpaired) electrons. The number of alkyl halides is 1. The zero-order valence-electron chi connectivity index (χ0n) is 25.6. The van der Waals surface area contributed by atoms with Gasteiger partial charge in [0, 0.05) is 60.3 Å². The van der Waals surface area contributed by atoms with Crippen molar-refractivity contribution in [2.75, 3.05) is 31.1 Å². The third-order valence-electron chi connectivity index (χ3n) is 11.3. The molecule has 8 nitrogen and oxygen atoms in total. The van der Waals surface area contributed by atoms with Crippen LogP contribution in [0.2, 0.25) is 0 Å². The molecule has 2 bridgehead atoms. The molecule has 2 aromatic heterocycles. The molecule has 9 rings (SSSR count).